The highest BCUT2D eigenvalue weighted by Gasteiger charge is 2.40. The van der Waals surface area contributed by atoms with Crippen molar-refractivity contribution in [2.75, 3.05) is 40.0 Å². The Morgan fingerprint density at radius 3 is 2.59 bits per heavy atom. The number of fused-ring (bicyclic) bond motifs is 2. The van der Waals surface area contributed by atoms with Gasteiger partial charge in [0.1, 0.15) is 0 Å². The van der Waals surface area contributed by atoms with Crippen LogP contribution in [0.5, 0.6) is 0 Å². The number of ether oxygens (including phenoxy) is 2. The van der Waals surface area contributed by atoms with E-state index in [1.54, 1.807) is 7.11 Å². The van der Waals surface area contributed by atoms with E-state index in [-0.39, 0.29) is 5.97 Å². The number of rotatable bonds is 7. The van der Waals surface area contributed by atoms with Gasteiger partial charge in [0.2, 0.25) is 0 Å². The molecule has 3 fully saturated rings. The Bertz CT molecular complexity index is 365. The molecule has 3 aliphatic rings. The number of methoxy groups -OCH3 is 1. The number of hydrogen-bond donors (Lipinski definition) is 0. The quantitative estimate of drug-likeness (QED) is 0.678. The fraction of sp³-hybridized carbons (Fsp3) is 0.944. The lowest BCUT2D eigenvalue weighted by molar-refractivity contribution is -0.147. The third kappa shape index (κ3) is 4.23. The number of nitrogens with zero attached hydrogens (tertiary/aromatic N) is 1. The Balaban J connectivity index is 1.29. The maximum Gasteiger partial charge on any atom is 0.306 e. The van der Waals surface area contributed by atoms with Crippen molar-refractivity contribution in [1.29, 1.82) is 0 Å². The Kier molecular flexibility index (Phi) is 5.75. The van der Waals surface area contributed by atoms with Gasteiger partial charge in [-0.1, -0.05) is 6.42 Å². The molecule has 0 spiro atoms. The fourth-order valence-corrected chi connectivity index (χ4v) is 4.71. The first kappa shape index (κ1) is 16.3. The first-order valence-corrected chi connectivity index (χ1v) is 9.11. The minimum absolute atomic E-state index is 0.0550. The summed E-state index contributed by atoms with van der Waals surface area (Å²) >= 11 is 0. The van der Waals surface area contributed by atoms with E-state index >= 15 is 0 Å². The Labute approximate surface area is 134 Å². The lowest BCUT2D eigenvalue weighted by Crippen LogP contribution is -2.37. The standard InChI is InChI=1S/C18H31NO3/c1-21-9-8-19-6-4-14(5-7-19)13-22-18(20)12-17-11-15-2-3-16(17)10-15/h14-17H,2-13H2,1H3. The molecule has 0 N–H and O–H groups in total. The van der Waals surface area contributed by atoms with Crippen LogP contribution in [0.4, 0.5) is 0 Å². The van der Waals surface area contributed by atoms with Gasteiger partial charge in [-0.3, -0.25) is 4.79 Å². The number of piperidine rings is 1. The van der Waals surface area contributed by atoms with E-state index in [4.69, 9.17) is 9.47 Å². The molecule has 0 aromatic rings. The molecule has 0 radical (unpaired) electrons. The number of esters is 1. The molecule has 126 valence electrons. The van der Waals surface area contributed by atoms with Crippen molar-refractivity contribution in [3.05, 3.63) is 0 Å². The van der Waals surface area contributed by atoms with E-state index in [9.17, 15) is 4.79 Å². The minimum Gasteiger partial charge on any atom is -0.465 e. The summed E-state index contributed by atoms with van der Waals surface area (Å²) in [5, 5.41) is 0. The summed E-state index contributed by atoms with van der Waals surface area (Å²) in [4.78, 5) is 14.5. The molecule has 1 saturated heterocycles. The molecule has 22 heavy (non-hydrogen) atoms. The Morgan fingerprint density at radius 1 is 1.14 bits per heavy atom. The second-order valence-electron chi connectivity index (χ2n) is 7.60. The number of likely N-dealkylation sites (tertiary alicyclic amines) is 1. The molecule has 0 aromatic heterocycles. The third-order valence-electron chi connectivity index (χ3n) is 6.11. The van der Waals surface area contributed by atoms with Gasteiger partial charge in [-0.05, 0) is 68.9 Å². The van der Waals surface area contributed by atoms with Gasteiger partial charge in [0.05, 0.1) is 13.2 Å². The Morgan fingerprint density at radius 2 is 1.95 bits per heavy atom. The maximum absolute atomic E-state index is 12.1. The summed E-state index contributed by atoms with van der Waals surface area (Å²) in [5.41, 5.74) is 0. The van der Waals surface area contributed by atoms with Crippen LogP contribution in [0, 0.1) is 23.7 Å². The zero-order chi connectivity index (χ0) is 15.4. The summed E-state index contributed by atoms with van der Waals surface area (Å²) in [6, 6.07) is 0. The van der Waals surface area contributed by atoms with E-state index in [1.165, 1.54) is 25.7 Å². The first-order valence-electron chi connectivity index (χ1n) is 9.11. The lowest BCUT2D eigenvalue weighted by Gasteiger charge is -2.31. The van der Waals surface area contributed by atoms with Gasteiger partial charge in [-0.2, -0.15) is 0 Å². The highest BCUT2D eigenvalue weighted by atomic mass is 16.5. The molecule has 4 nitrogen and oxygen atoms in total. The molecule has 2 bridgehead atoms. The van der Waals surface area contributed by atoms with Crippen LogP contribution in [0.2, 0.25) is 0 Å². The monoisotopic (exact) mass is 309 g/mol. The highest BCUT2D eigenvalue weighted by Crippen LogP contribution is 2.49. The van der Waals surface area contributed by atoms with Gasteiger partial charge in [-0.25, -0.2) is 0 Å². The molecular weight excluding hydrogens is 278 g/mol. The molecule has 2 aliphatic carbocycles. The topological polar surface area (TPSA) is 38.8 Å². The summed E-state index contributed by atoms with van der Waals surface area (Å²) in [7, 11) is 1.75. The average Bonchev–Trinajstić information content (AvgIpc) is 3.14. The molecular formula is C18H31NO3. The van der Waals surface area contributed by atoms with Crippen LogP contribution in [-0.2, 0) is 14.3 Å². The normalized spacial score (nSPS) is 32.5. The SMILES string of the molecule is COCCN1CCC(COC(=O)CC2CC3CCC2C3)CC1. The summed E-state index contributed by atoms with van der Waals surface area (Å²) in [6.45, 7) is 4.68. The van der Waals surface area contributed by atoms with Gasteiger partial charge in [0.25, 0.3) is 0 Å². The van der Waals surface area contributed by atoms with Crippen LogP contribution in [0.1, 0.15) is 44.9 Å². The number of carbonyl (C=O) groups excluding carboxylic acids is 1. The van der Waals surface area contributed by atoms with Crippen LogP contribution >= 0.6 is 0 Å². The number of carbonyl (C=O) groups is 1. The summed E-state index contributed by atoms with van der Waals surface area (Å²) in [6.07, 6.45) is 8.36. The van der Waals surface area contributed by atoms with Crippen LogP contribution in [0.15, 0.2) is 0 Å². The zero-order valence-electron chi connectivity index (χ0n) is 14.0. The first-order chi connectivity index (χ1) is 10.7. The fourth-order valence-electron chi connectivity index (χ4n) is 4.71. The lowest BCUT2D eigenvalue weighted by atomic mass is 9.86. The van der Waals surface area contributed by atoms with E-state index in [0.717, 1.165) is 50.9 Å². The van der Waals surface area contributed by atoms with Crippen molar-refractivity contribution in [1.82, 2.24) is 4.90 Å². The van der Waals surface area contributed by atoms with Crippen LogP contribution in [0.3, 0.4) is 0 Å². The predicted molar refractivity (Wildman–Crippen MR) is 85.6 cm³/mol. The van der Waals surface area contributed by atoms with Crippen LogP contribution in [0.25, 0.3) is 0 Å². The molecule has 2 saturated carbocycles. The van der Waals surface area contributed by atoms with E-state index in [2.05, 4.69) is 4.90 Å². The second-order valence-corrected chi connectivity index (χ2v) is 7.60. The van der Waals surface area contributed by atoms with Gasteiger partial charge < -0.3 is 14.4 Å². The van der Waals surface area contributed by atoms with Crippen molar-refractivity contribution < 1.29 is 14.3 Å². The van der Waals surface area contributed by atoms with Gasteiger partial charge in [0, 0.05) is 20.1 Å². The Hall–Kier alpha value is -0.610. The van der Waals surface area contributed by atoms with Crippen LogP contribution in [-0.4, -0.2) is 50.8 Å². The van der Waals surface area contributed by atoms with Crippen molar-refractivity contribution in [3.63, 3.8) is 0 Å². The van der Waals surface area contributed by atoms with E-state index in [1.807, 2.05) is 0 Å². The average molecular weight is 309 g/mol. The van der Waals surface area contributed by atoms with E-state index in [0.29, 0.717) is 24.9 Å². The summed E-state index contributed by atoms with van der Waals surface area (Å²) < 4.78 is 10.7. The third-order valence-corrected chi connectivity index (χ3v) is 6.11. The number of hydrogen-bond acceptors (Lipinski definition) is 4. The van der Waals surface area contributed by atoms with Gasteiger partial charge >= 0.3 is 5.97 Å². The molecule has 1 aliphatic heterocycles. The minimum atomic E-state index is 0.0550. The highest BCUT2D eigenvalue weighted by molar-refractivity contribution is 5.69. The van der Waals surface area contributed by atoms with Crippen molar-refractivity contribution in [2.45, 2.75) is 44.9 Å². The molecule has 0 amide bonds. The molecule has 3 rings (SSSR count). The van der Waals surface area contributed by atoms with Crippen LogP contribution < -0.4 is 0 Å². The summed E-state index contributed by atoms with van der Waals surface area (Å²) in [5.74, 6) is 2.98. The van der Waals surface area contributed by atoms with Gasteiger partial charge in [0.15, 0.2) is 0 Å². The molecule has 3 atom stereocenters. The van der Waals surface area contributed by atoms with E-state index < -0.39 is 0 Å². The largest absolute Gasteiger partial charge is 0.465 e. The van der Waals surface area contributed by atoms with Crippen molar-refractivity contribution >= 4 is 5.97 Å². The smallest absolute Gasteiger partial charge is 0.306 e. The second kappa shape index (κ2) is 7.78. The molecule has 4 heteroatoms. The predicted octanol–water partition coefficient (Wildman–Crippen LogP) is 2.71. The molecule has 3 unspecified atom stereocenters. The zero-order valence-corrected chi connectivity index (χ0v) is 14.0. The van der Waals surface area contributed by atoms with Gasteiger partial charge in [-0.15, -0.1) is 0 Å². The maximum atomic E-state index is 12.1. The molecule has 1 heterocycles. The van der Waals surface area contributed by atoms with Crippen molar-refractivity contribution in [2.24, 2.45) is 23.7 Å². The van der Waals surface area contributed by atoms with Crippen molar-refractivity contribution in [3.8, 4) is 0 Å². The molecule has 0 aromatic carbocycles.